The van der Waals surface area contributed by atoms with Crippen molar-refractivity contribution < 1.29 is 0 Å². The van der Waals surface area contributed by atoms with Crippen LogP contribution in [-0.2, 0) is 6.54 Å². The predicted octanol–water partition coefficient (Wildman–Crippen LogP) is 0.814. The highest BCUT2D eigenvalue weighted by Crippen LogP contribution is 1.85. The van der Waals surface area contributed by atoms with Gasteiger partial charge in [0.05, 0.1) is 6.54 Å². The van der Waals surface area contributed by atoms with E-state index >= 15 is 0 Å². The molecule has 1 aromatic rings. The highest BCUT2D eigenvalue weighted by atomic mass is 15.3. The van der Waals surface area contributed by atoms with Gasteiger partial charge in [0, 0.05) is 32.0 Å². The molecule has 4 nitrogen and oxygen atoms in total. The van der Waals surface area contributed by atoms with Crippen LogP contribution in [0.25, 0.3) is 0 Å². The number of hydrogen-bond donors (Lipinski definition) is 1. The van der Waals surface area contributed by atoms with E-state index in [1.54, 1.807) is 0 Å². The van der Waals surface area contributed by atoms with Crippen molar-refractivity contribution in [3.8, 4) is 0 Å². The van der Waals surface area contributed by atoms with Crippen LogP contribution in [0.3, 0.4) is 0 Å². The molecule has 86 valence electrons. The largest absolute Gasteiger partial charge is 0.314 e. The van der Waals surface area contributed by atoms with Gasteiger partial charge in [0.2, 0.25) is 0 Å². The minimum absolute atomic E-state index is 0.950. The van der Waals surface area contributed by atoms with Crippen LogP contribution in [0.15, 0.2) is 18.5 Å². The molecule has 0 aliphatic rings. The van der Waals surface area contributed by atoms with Crippen LogP contribution in [0.1, 0.15) is 13.8 Å². The first-order chi connectivity index (χ1) is 7.36. The molecule has 0 amide bonds. The van der Waals surface area contributed by atoms with E-state index in [1.165, 1.54) is 0 Å². The summed E-state index contributed by atoms with van der Waals surface area (Å²) in [5.41, 5.74) is 0. The van der Waals surface area contributed by atoms with Crippen LogP contribution >= 0.6 is 0 Å². The Kier molecular flexibility index (Phi) is 6.04. The first kappa shape index (κ1) is 12.2. The third-order valence-electron chi connectivity index (χ3n) is 2.58. The summed E-state index contributed by atoms with van der Waals surface area (Å²) in [6, 6.07) is 1.95. The van der Waals surface area contributed by atoms with Crippen LogP contribution in [0.5, 0.6) is 0 Å². The molecule has 15 heavy (non-hydrogen) atoms. The lowest BCUT2D eigenvalue weighted by Gasteiger charge is -2.17. The molecule has 0 saturated heterocycles. The lowest BCUT2D eigenvalue weighted by molar-refractivity contribution is 0.301. The van der Waals surface area contributed by atoms with Crippen molar-refractivity contribution in [2.24, 2.45) is 0 Å². The maximum Gasteiger partial charge on any atom is 0.0533 e. The molecule has 0 aliphatic heterocycles. The quantitative estimate of drug-likeness (QED) is 0.645. The summed E-state index contributed by atoms with van der Waals surface area (Å²) >= 11 is 0. The zero-order valence-electron chi connectivity index (χ0n) is 9.82. The normalized spacial score (nSPS) is 11.1. The van der Waals surface area contributed by atoms with Crippen LogP contribution in [0.4, 0.5) is 0 Å². The Morgan fingerprint density at radius 3 is 2.67 bits per heavy atom. The fourth-order valence-electron chi connectivity index (χ4n) is 1.53. The van der Waals surface area contributed by atoms with E-state index in [-0.39, 0.29) is 0 Å². The molecular formula is C11H22N4. The summed E-state index contributed by atoms with van der Waals surface area (Å²) in [5.74, 6) is 0. The molecule has 1 aromatic heterocycles. The average molecular weight is 210 g/mol. The Labute approximate surface area is 92.3 Å². The van der Waals surface area contributed by atoms with Crippen molar-refractivity contribution in [1.82, 2.24) is 20.0 Å². The topological polar surface area (TPSA) is 33.1 Å². The van der Waals surface area contributed by atoms with E-state index in [1.807, 2.05) is 23.1 Å². The highest BCUT2D eigenvalue weighted by molar-refractivity contribution is 4.77. The summed E-state index contributed by atoms with van der Waals surface area (Å²) in [6.07, 6.45) is 3.81. The third kappa shape index (κ3) is 4.95. The van der Waals surface area contributed by atoms with Gasteiger partial charge in [-0.25, -0.2) is 0 Å². The summed E-state index contributed by atoms with van der Waals surface area (Å²) in [7, 11) is 0. The van der Waals surface area contributed by atoms with Crippen molar-refractivity contribution in [2.75, 3.05) is 32.7 Å². The van der Waals surface area contributed by atoms with E-state index in [2.05, 4.69) is 29.2 Å². The molecule has 1 heterocycles. The second-order valence-electron chi connectivity index (χ2n) is 3.55. The van der Waals surface area contributed by atoms with Gasteiger partial charge in [0.1, 0.15) is 0 Å². The maximum absolute atomic E-state index is 4.15. The Bertz CT molecular complexity index is 229. The molecule has 0 spiro atoms. The minimum atomic E-state index is 0.950. The fraction of sp³-hybridized carbons (Fsp3) is 0.727. The number of nitrogens with one attached hydrogen (secondary N) is 1. The van der Waals surface area contributed by atoms with Gasteiger partial charge in [-0.05, 0) is 19.2 Å². The van der Waals surface area contributed by atoms with Crippen molar-refractivity contribution in [3.63, 3.8) is 0 Å². The summed E-state index contributed by atoms with van der Waals surface area (Å²) in [5, 5.41) is 7.57. The molecule has 0 aliphatic carbocycles. The summed E-state index contributed by atoms with van der Waals surface area (Å²) in [4.78, 5) is 2.42. The van der Waals surface area contributed by atoms with E-state index < -0.39 is 0 Å². The Balaban J connectivity index is 1.97. The van der Waals surface area contributed by atoms with Gasteiger partial charge in [0.15, 0.2) is 0 Å². The molecular weight excluding hydrogens is 188 g/mol. The van der Waals surface area contributed by atoms with E-state index in [0.717, 1.165) is 39.3 Å². The van der Waals surface area contributed by atoms with Gasteiger partial charge >= 0.3 is 0 Å². The van der Waals surface area contributed by atoms with Crippen LogP contribution in [0, 0.1) is 0 Å². The molecule has 1 rings (SSSR count). The SMILES string of the molecule is CCN(CC)CCNCCn1cccn1. The van der Waals surface area contributed by atoms with Crippen molar-refractivity contribution in [3.05, 3.63) is 18.5 Å². The Hall–Kier alpha value is -0.870. The van der Waals surface area contributed by atoms with E-state index in [9.17, 15) is 0 Å². The summed E-state index contributed by atoms with van der Waals surface area (Å²) < 4.78 is 1.95. The second kappa shape index (κ2) is 7.43. The Morgan fingerprint density at radius 2 is 2.07 bits per heavy atom. The third-order valence-corrected chi connectivity index (χ3v) is 2.58. The van der Waals surface area contributed by atoms with Gasteiger partial charge in [-0.15, -0.1) is 0 Å². The van der Waals surface area contributed by atoms with Gasteiger partial charge in [-0.3, -0.25) is 4.68 Å². The minimum Gasteiger partial charge on any atom is -0.314 e. The standard InChI is InChI=1S/C11H22N4/c1-3-14(4-2)10-7-12-8-11-15-9-5-6-13-15/h5-6,9,12H,3-4,7-8,10-11H2,1-2H3. The van der Waals surface area contributed by atoms with Crippen LogP contribution in [-0.4, -0.2) is 47.4 Å². The van der Waals surface area contributed by atoms with E-state index in [0.29, 0.717) is 0 Å². The zero-order valence-corrected chi connectivity index (χ0v) is 9.82. The van der Waals surface area contributed by atoms with Crippen molar-refractivity contribution in [2.45, 2.75) is 20.4 Å². The second-order valence-corrected chi connectivity index (χ2v) is 3.55. The number of hydrogen-bond acceptors (Lipinski definition) is 3. The molecule has 4 heteroatoms. The molecule has 0 fully saturated rings. The van der Waals surface area contributed by atoms with Crippen molar-refractivity contribution in [1.29, 1.82) is 0 Å². The maximum atomic E-state index is 4.15. The van der Waals surface area contributed by atoms with Crippen LogP contribution in [0.2, 0.25) is 0 Å². The Morgan fingerprint density at radius 1 is 1.27 bits per heavy atom. The first-order valence-electron chi connectivity index (χ1n) is 5.77. The zero-order chi connectivity index (χ0) is 10.9. The molecule has 0 radical (unpaired) electrons. The number of nitrogens with zero attached hydrogens (tertiary/aromatic N) is 3. The molecule has 0 unspecified atom stereocenters. The molecule has 0 aromatic carbocycles. The lowest BCUT2D eigenvalue weighted by Crippen LogP contribution is -2.33. The number of likely N-dealkylation sites (N-methyl/N-ethyl adjacent to an activating group) is 1. The average Bonchev–Trinajstić information content (AvgIpc) is 2.76. The fourth-order valence-corrected chi connectivity index (χ4v) is 1.53. The highest BCUT2D eigenvalue weighted by Gasteiger charge is 1.97. The van der Waals surface area contributed by atoms with Gasteiger partial charge < -0.3 is 10.2 Å². The van der Waals surface area contributed by atoms with Crippen LogP contribution < -0.4 is 5.32 Å². The molecule has 0 bridgehead atoms. The van der Waals surface area contributed by atoms with Gasteiger partial charge in [-0.1, -0.05) is 13.8 Å². The van der Waals surface area contributed by atoms with Crippen molar-refractivity contribution >= 4 is 0 Å². The monoisotopic (exact) mass is 210 g/mol. The molecule has 0 atom stereocenters. The lowest BCUT2D eigenvalue weighted by atomic mass is 10.4. The smallest absolute Gasteiger partial charge is 0.0533 e. The van der Waals surface area contributed by atoms with E-state index in [4.69, 9.17) is 0 Å². The molecule has 1 N–H and O–H groups in total. The summed E-state index contributed by atoms with van der Waals surface area (Å²) in [6.45, 7) is 10.8. The first-order valence-corrected chi connectivity index (χ1v) is 5.77. The number of rotatable bonds is 8. The predicted molar refractivity (Wildman–Crippen MR) is 62.9 cm³/mol. The van der Waals surface area contributed by atoms with Gasteiger partial charge in [-0.2, -0.15) is 5.10 Å². The van der Waals surface area contributed by atoms with Gasteiger partial charge in [0.25, 0.3) is 0 Å². The molecule has 0 saturated carbocycles. The number of aromatic nitrogens is 2.